The summed E-state index contributed by atoms with van der Waals surface area (Å²) in [6, 6.07) is 8.75. The number of carbonyl (C=O) groups is 1. The molecule has 1 heterocycles. The third kappa shape index (κ3) is 2.40. The highest BCUT2D eigenvalue weighted by Crippen LogP contribution is 2.26. The lowest BCUT2D eigenvalue weighted by atomic mass is 10.1. The number of rotatable bonds is 2. The fourth-order valence-corrected chi connectivity index (χ4v) is 2.41. The molecule has 0 unspecified atom stereocenters. The van der Waals surface area contributed by atoms with Crippen LogP contribution >= 0.6 is 0 Å². The topological polar surface area (TPSA) is 23.6 Å². The Morgan fingerprint density at radius 3 is 2.72 bits per heavy atom. The van der Waals surface area contributed by atoms with Crippen LogP contribution in [0.15, 0.2) is 36.9 Å². The average molecular weight is 244 g/mol. The van der Waals surface area contributed by atoms with Crippen LogP contribution in [0.2, 0.25) is 0 Å². The Morgan fingerprint density at radius 1 is 1.33 bits per heavy atom. The summed E-state index contributed by atoms with van der Waals surface area (Å²) in [6.07, 6.45) is 1.40. The van der Waals surface area contributed by atoms with Crippen molar-refractivity contribution in [3.63, 3.8) is 0 Å². The van der Waals surface area contributed by atoms with Crippen LogP contribution in [-0.2, 0) is 11.3 Å². The normalized spacial score (nSPS) is 15.3. The van der Waals surface area contributed by atoms with Gasteiger partial charge in [-0.1, -0.05) is 24.8 Å². The molecule has 1 aliphatic rings. The Morgan fingerprint density at radius 2 is 2.06 bits per heavy atom. The third-order valence-corrected chi connectivity index (χ3v) is 3.38. The molecular formula is C15H20N2O. The zero-order valence-electron chi connectivity index (χ0n) is 11.1. The molecule has 0 fully saturated rings. The van der Waals surface area contributed by atoms with Crippen LogP contribution in [0.5, 0.6) is 0 Å². The van der Waals surface area contributed by atoms with E-state index < -0.39 is 0 Å². The number of amides is 1. The van der Waals surface area contributed by atoms with E-state index in [0.717, 1.165) is 13.1 Å². The first kappa shape index (κ1) is 12.7. The van der Waals surface area contributed by atoms with E-state index in [9.17, 15) is 4.79 Å². The number of benzene rings is 1. The van der Waals surface area contributed by atoms with Crippen molar-refractivity contribution in [3.05, 3.63) is 42.5 Å². The molecule has 1 aromatic rings. The van der Waals surface area contributed by atoms with Crippen molar-refractivity contribution < 1.29 is 4.79 Å². The Hall–Kier alpha value is -1.77. The van der Waals surface area contributed by atoms with Crippen LogP contribution in [0.1, 0.15) is 19.4 Å². The minimum atomic E-state index is 0.00964. The van der Waals surface area contributed by atoms with Crippen LogP contribution < -0.4 is 4.90 Å². The number of hydrogen-bond acceptors (Lipinski definition) is 2. The number of fused-ring (bicyclic) bond motifs is 1. The summed E-state index contributed by atoms with van der Waals surface area (Å²) in [6.45, 7) is 10.2. The summed E-state index contributed by atoms with van der Waals surface area (Å²) in [5.74, 6) is 0.00964. The lowest BCUT2D eigenvalue weighted by molar-refractivity contribution is -0.126. The van der Waals surface area contributed by atoms with E-state index in [-0.39, 0.29) is 5.91 Å². The second-order valence-electron chi connectivity index (χ2n) is 4.88. The maximum absolute atomic E-state index is 11.8. The molecule has 1 aliphatic heterocycles. The van der Waals surface area contributed by atoms with E-state index >= 15 is 0 Å². The zero-order valence-corrected chi connectivity index (χ0v) is 11.1. The third-order valence-electron chi connectivity index (χ3n) is 3.38. The van der Waals surface area contributed by atoms with Gasteiger partial charge in [0.2, 0.25) is 5.91 Å². The molecule has 0 saturated carbocycles. The molecule has 1 aromatic carbocycles. The Labute approximate surface area is 109 Å². The van der Waals surface area contributed by atoms with Gasteiger partial charge in [-0.2, -0.15) is 0 Å². The molecule has 1 amide bonds. The number of carbonyl (C=O) groups excluding carboxylic acids is 1. The molecule has 0 N–H and O–H groups in total. The van der Waals surface area contributed by atoms with Crippen molar-refractivity contribution in [1.82, 2.24) is 4.90 Å². The number of para-hydroxylation sites is 1. The van der Waals surface area contributed by atoms with Gasteiger partial charge in [0.25, 0.3) is 0 Å². The summed E-state index contributed by atoms with van der Waals surface area (Å²) in [5.41, 5.74) is 2.45. The summed E-state index contributed by atoms with van der Waals surface area (Å²) < 4.78 is 0. The molecule has 3 heteroatoms. The molecule has 0 radical (unpaired) electrons. The molecule has 0 spiro atoms. The summed E-state index contributed by atoms with van der Waals surface area (Å²) in [4.78, 5) is 16.0. The zero-order chi connectivity index (χ0) is 13.1. The first-order chi connectivity index (χ1) is 8.63. The van der Waals surface area contributed by atoms with Gasteiger partial charge < -0.3 is 9.80 Å². The first-order valence-electron chi connectivity index (χ1n) is 6.39. The maximum atomic E-state index is 11.8. The van der Waals surface area contributed by atoms with Crippen molar-refractivity contribution >= 4 is 11.6 Å². The fourth-order valence-electron chi connectivity index (χ4n) is 2.41. The number of nitrogens with zero attached hydrogens (tertiary/aromatic N) is 2. The van der Waals surface area contributed by atoms with E-state index in [1.165, 1.54) is 17.3 Å². The van der Waals surface area contributed by atoms with E-state index in [2.05, 4.69) is 43.5 Å². The summed E-state index contributed by atoms with van der Waals surface area (Å²) in [5, 5.41) is 0. The molecule has 0 aliphatic carbocycles. The lowest BCUT2D eigenvalue weighted by Crippen LogP contribution is -2.37. The molecule has 3 nitrogen and oxygen atoms in total. The Kier molecular flexibility index (Phi) is 3.70. The predicted octanol–water partition coefficient (Wildman–Crippen LogP) is 2.43. The van der Waals surface area contributed by atoms with Gasteiger partial charge >= 0.3 is 0 Å². The molecular weight excluding hydrogens is 224 g/mol. The van der Waals surface area contributed by atoms with Gasteiger partial charge in [0.05, 0.1) is 0 Å². The van der Waals surface area contributed by atoms with Crippen molar-refractivity contribution in [1.29, 1.82) is 0 Å². The smallest absolute Gasteiger partial charge is 0.246 e. The highest BCUT2D eigenvalue weighted by atomic mass is 16.2. The van der Waals surface area contributed by atoms with E-state index in [0.29, 0.717) is 12.6 Å². The Bertz CT molecular complexity index is 454. The minimum Gasteiger partial charge on any atom is -0.367 e. The average Bonchev–Trinajstić information content (AvgIpc) is 2.57. The van der Waals surface area contributed by atoms with E-state index in [1.54, 1.807) is 0 Å². The van der Waals surface area contributed by atoms with Crippen LogP contribution in [0.3, 0.4) is 0 Å². The molecule has 96 valence electrons. The van der Waals surface area contributed by atoms with Gasteiger partial charge in [-0.3, -0.25) is 4.79 Å². The molecule has 2 rings (SSSR count). The maximum Gasteiger partial charge on any atom is 0.246 e. The summed E-state index contributed by atoms with van der Waals surface area (Å²) in [7, 11) is 0. The second-order valence-corrected chi connectivity index (χ2v) is 4.88. The second kappa shape index (κ2) is 5.25. The highest BCUT2D eigenvalue weighted by Gasteiger charge is 2.22. The van der Waals surface area contributed by atoms with Crippen LogP contribution in [0.4, 0.5) is 5.69 Å². The van der Waals surface area contributed by atoms with E-state index in [1.807, 2.05) is 11.0 Å². The van der Waals surface area contributed by atoms with Crippen molar-refractivity contribution in [2.75, 3.05) is 18.0 Å². The van der Waals surface area contributed by atoms with Gasteiger partial charge in [-0.05, 0) is 31.6 Å². The first-order valence-corrected chi connectivity index (χ1v) is 6.39. The van der Waals surface area contributed by atoms with Crippen molar-refractivity contribution in [3.8, 4) is 0 Å². The standard InChI is InChI=1S/C15H20N2O/c1-4-15(18)16-9-10-17(12(2)3)14-8-6-5-7-13(14)11-16/h4-8,12H,1,9-11H2,2-3H3. The quantitative estimate of drug-likeness (QED) is 0.746. The van der Waals surface area contributed by atoms with Gasteiger partial charge in [0.1, 0.15) is 0 Å². The molecule has 0 aromatic heterocycles. The summed E-state index contributed by atoms with van der Waals surface area (Å²) >= 11 is 0. The SMILES string of the molecule is C=CC(=O)N1CCN(C(C)C)c2ccccc2C1. The van der Waals surface area contributed by atoms with Gasteiger partial charge in [-0.15, -0.1) is 0 Å². The van der Waals surface area contributed by atoms with Crippen LogP contribution in [-0.4, -0.2) is 29.9 Å². The van der Waals surface area contributed by atoms with Gasteiger partial charge in [0, 0.05) is 31.4 Å². The lowest BCUT2D eigenvalue weighted by Gasteiger charge is -2.28. The van der Waals surface area contributed by atoms with Gasteiger partial charge in [-0.25, -0.2) is 0 Å². The molecule has 0 atom stereocenters. The number of anilines is 1. The molecule has 18 heavy (non-hydrogen) atoms. The monoisotopic (exact) mass is 244 g/mol. The van der Waals surface area contributed by atoms with Crippen molar-refractivity contribution in [2.45, 2.75) is 26.4 Å². The van der Waals surface area contributed by atoms with Crippen LogP contribution in [0, 0.1) is 0 Å². The molecule has 0 bridgehead atoms. The largest absolute Gasteiger partial charge is 0.367 e. The minimum absolute atomic E-state index is 0.00964. The highest BCUT2D eigenvalue weighted by molar-refractivity contribution is 5.87. The van der Waals surface area contributed by atoms with Gasteiger partial charge in [0.15, 0.2) is 0 Å². The Balaban J connectivity index is 2.35. The van der Waals surface area contributed by atoms with Crippen LogP contribution in [0.25, 0.3) is 0 Å². The number of hydrogen-bond donors (Lipinski definition) is 0. The predicted molar refractivity (Wildman–Crippen MR) is 74.5 cm³/mol. The fraction of sp³-hybridized carbons (Fsp3) is 0.400. The molecule has 0 saturated heterocycles. The van der Waals surface area contributed by atoms with Crippen molar-refractivity contribution in [2.24, 2.45) is 0 Å². The van der Waals surface area contributed by atoms with E-state index in [4.69, 9.17) is 0 Å².